The van der Waals surface area contributed by atoms with E-state index in [4.69, 9.17) is 0 Å². The molecule has 0 unspecified atom stereocenters. The molecule has 0 saturated carbocycles. The number of hydrogen-bond acceptors (Lipinski definition) is 2. The molecule has 0 radical (unpaired) electrons. The van der Waals surface area contributed by atoms with Crippen molar-refractivity contribution in [2.24, 2.45) is 0 Å². The van der Waals surface area contributed by atoms with E-state index < -0.39 is 0 Å². The average molecular weight is 841 g/mol. The van der Waals surface area contributed by atoms with Gasteiger partial charge in [-0.3, -0.25) is 4.79 Å². The highest BCUT2D eigenvalue weighted by molar-refractivity contribution is 5.91. The summed E-state index contributed by atoms with van der Waals surface area (Å²) >= 11 is 0. The van der Waals surface area contributed by atoms with Gasteiger partial charge in [0.1, 0.15) is 0 Å². The van der Waals surface area contributed by atoms with Crippen LogP contribution in [0.25, 0.3) is 66.8 Å². The van der Waals surface area contributed by atoms with Gasteiger partial charge in [-0.2, -0.15) is 0 Å². The quantitative estimate of drug-likeness (QED) is 0.168. The molecule has 2 aliphatic rings. The highest BCUT2D eigenvalue weighted by Crippen LogP contribution is 2.52. The maximum absolute atomic E-state index is 11.4. The Kier molecular flexibility index (Phi) is 10.6. The SMILES string of the molecule is CC(=O)Nc1ccc2c(c1)C(C)(C)c1cc(-c3ccccc3)ccc1-2.CC1(C)c2cc(Nc3ccc(-c4ccc(-c5ccccc5)cc4)cc3)ccc2-c2ccc(-c3ccccc3)cc21. The lowest BCUT2D eigenvalue weighted by Gasteiger charge is -2.23. The first kappa shape index (κ1) is 41.3. The van der Waals surface area contributed by atoms with Gasteiger partial charge in [0.05, 0.1) is 0 Å². The molecule has 0 aliphatic heterocycles. The summed E-state index contributed by atoms with van der Waals surface area (Å²) in [7, 11) is 0. The van der Waals surface area contributed by atoms with Gasteiger partial charge in [-0.1, -0.05) is 191 Å². The van der Waals surface area contributed by atoms with Crippen LogP contribution in [0.2, 0.25) is 0 Å². The molecule has 316 valence electrons. The van der Waals surface area contributed by atoms with Crippen molar-refractivity contribution in [3.05, 3.63) is 235 Å². The Balaban J connectivity index is 0.000000171. The van der Waals surface area contributed by atoms with Crippen LogP contribution in [0.5, 0.6) is 0 Å². The van der Waals surface area contributed by atoms with Crippen molar-refractivity contribution < 1.29 is 4.79 Å². The Morgan fingerprint density at radius 2 is 0.615 bits per heavy atom. The zero-order chi connectivity index (χ0) is 44.7. The minimum atomic E-state index is -0.0933. The topological polar surface area (TPSA) is 41.1 Å². The fraction of sp³-hybridized carbons (Fsp3) is 0.113. The van der Waals surface area contributed by atoms with Crippen LogP contribution in [0, 0.1) is 0 Å². The number of nitrogens with one attached hydrogen (secondary N) is 2. The van der Waals surface area contributed by atoms with Gasteiger partial charge in [0.2, 0.25) is 5.91 Å². The molecule has 0 bridgehead atoms. The number of fused-ring (bicyclic) bond motifs is 6. The summed E-state index contributed by atoms with van der Waals surface area (Å²) < 4.78 is 0. The van der Waals surface area contributed by atoms with Crippen molar-refractivity contribution in [2.75, 3.05) is 10.6 Å². The summed E-state index contributed by atoms with van der Waals surface area (Å²) in [5.74, 6) is -0.0420. The molecule has 1 amide bonds. The third kappa shape index (κ3) is 7.96. The molecule has 3 heteroatoms. The number of rotatable bonds is 7. The van der Waals surface area contributed by atoms with E-state index in [9.17, 15) is 4.79 Å². The van der Waals surface area contributed by atoms with E-state index in [0.717, 1.165) is 17.1 Å². The van der Waals surface area contributed by atoms with Gasteiger partial charge in [0.25, 0.3) is 0 Å². The lowest BCUT2D eigenvalue weighted by Crippen LogP contribution is -2.16. The first-order chi connectivity index (χ1) is 31.5. The molecule has 11 rings (SSSR count). The van der Waals surface area contributed by atoms with Crippen molar-refractivity contribution in [2.45, 2.75) is 45.4 Å². The smallest absolute Gasteiger partial charge is 0.221 e. The Hall–Kier alpha value is -7.75. The first-order valence-corrected chi connectivity index (χ1v) is 22.5. The molecule has 0 atom stereocenters. The lowest BCUT2D eigenvalue weighted by molar-refractivity contribution is -0.114. The predicted octanol–water partition coefficient (Wildman–Crippen LogP) is 16.4. The Labute approximate surface area is 383 Å². The largest absolute Gasteiger partial charge is 0.356 e. The van der Waals surface area contributed by atoms with E-state index in [0.29, 0.717) is 0 Å². The minimum absolute atomic E-state index is 0.0420. The highest BCUT2D eigenvalue weighted by atomic mass is 16.1. The summed E-state index contributed by atoms with van der Waals surface area (Å²) in [6.45, 7) is 10.7. The standard InChI is InChI=1S/C39H31N.C23H21NO/c1-39(2)37-25-32(28-11-7-4-8-12-28)19-23-35(37)36-24-22-34(26-38(36)39)40-33-20-17-31(18-21-33)30-15-13-29(14-16-30)27-9-5-3-6-10-27;1-15(25)24-18-10-12-20-19-11-9-17(16-7-5-4-6-8-16)13-21(19)23(2,3)22(20)14-18/h3-26,40H,1-2H3;4-14H,1-3H3,(H,24,25). The Morgan fingerprint density at radius 3 is 1.03 bits per heavy atom. The van der Waals surface area contributed by atoms with Gasteiger partial charge in [-0.15, -0.1) is 0 Å². The van der Waals surface area contributed by atoms with Crippen LogP contribution >= 0.6 is 0 Å². The van der Waals surface area contributed by atoms with Crippen molar-refractivity contribution in [3.63, 3.8) is 0 Å². The number of carbonyl (C=O) groups excluding carboxylic acids is 1. The molecule has 2 aliphatic carbocycles. The van der Waals surface area contributed by atoms with Gasteiger partial charge in [-0.25, -0.2) is 0 Å². The van der Waals surface area contributed by atoms with Crippen molar-refractivity contribution in [1.82, 2.24) is 0 Å². The van der Waals surface area contributed by atoms with Gasteiger partial charge in [0.15, 0.2) is 0 Å². The Morgan fingerprint density at radius 1 is 0.323 bits per heavy atom. The van der Waals surface area contributed by atoms with Crippen LogP contribution in [0.1, 0.15) is 56.9 Å². The fourth-order valence-corrected chi connectivity index (χ4v) is 9.85. The molecule has 9 aromatic rings. The lowest BCUT2D eigenvalue weighted by atomic mass is 9.81. The van der Waals surface area contributed by atoms with Gasteiger partial charge < -0.3 is 10.6 Å². The van der Waals surface area contributed by atoms with Gasteiger partial charge >= 0.3 is 0 Å². The number of carbonyl (C=O) groups is 1. The van der Waals surface area contributed by atoms with E-state index in [1.807, 2.05) is 12.1 Å². The molecule has 9 aromatic carbocycles. The van der Waals surface area contributed by atoms with Crippen LogP contribution < -0.4 is 10.6 Å². The minimum Gasteiger partial charge on any atom is -0.356 e. The first-order valence-electron chi connectivity index (χ1n) is 22.5. The number of hydrogen-bond donors (Lipinski definition) is 2. The zero-order valence-electron chi connectivity index (χ0n) is 37.6. The molecule has 0 heterocycles. The van der Waals surface area contributed by atoms with Crippen molar-refractivity contribution in [3.8, 4) is 66.8 Å². The monoisotopic (exact) mass is 840 g/mol. The van der Waals surface area contributed by atoms with Crippen LogP contribution in [-0.4, -0.2) is 5.91 Å². The van der Waals surface area contributed by atoms with Crippen molar-refractivity contribution >= 4 is 23.0 Å². The second-order valence-corrected chi connectivity index (χ2v) is 18.4. The molecule has 0 fully saturated rings. The normalized spacial score (nSPS) is 13.3. The zero-order valence-corrected chi connectivity index (χ0v) is 37.6. The molecule has 3 nitrogen and oxygen atoms in total. The third-order valence-corrected chi connectivity index (χ3v) is 13.4. The van der Waals surface area contributed by atoms with Crippen LogP contribution in [0.4, 0.5) is 17.1 Å². The second-order valence-electron chi connectivity index (χ2n) is 18.4. The number of benzene rings is 9. The van der Waals surface area contributed by atoms with E-state index in [1.165, 1.54) is 89.0 Å². The molecule has 0 aromatic heterocycles. The maximum Gasteiger partial charge on any atom is 0.221 e. The summed E-state index contributed by atoms with van der Waals surface area (Å²) in [4.78, 5) is 11.4. The van der Waals surface area contributed by atoms with Crippen LogP contribution in [0.3, 0.4) is 0 Å². The Bertz CT molecular complexity index is 3180. The van der Waals surface area contributed by atoms with Crippen LogP contribution in [0.15, 0.2) is 212 Å². The molecule has 0 saturated heterocycles. The van der Waals surface area contributed by atoms with E-state index in [1.54, 1.807) is 6.92 Å². The summed E-state index contributed by atoms with van der Waals surface area (Å²) in [6.07, 6.45) is 0. The second kappa shape index (κ2) is 16.7. The van der Waals surface area contributed by atoms with Crippen LogP contribution in [-0.2, 0) is 15.6 Å². The summed E-state index contributed by atoms with van der Waals surface area (Å²) in [6, 6.07) is 75.8. The van der Waals surface area contributed by atoms with E-state index >= 15 is 0 Å². The summed E-state index contributed by atoms with van der Waals surface area (Å²) in [5.41, 5.74) is 23.4. The maximum atomic E-state index is 11.4. The highest BCUT2D eigenvalue weighted by Gasteiger charge is 2.37. The molecule has 2 N–H and O–H groups in total. The number of anilines is 3. The number of amides is 1. The third-order valence-electron chi connectivity index (χ3n) is 13.4. The fourth-order valence-electron chi connectivity index (χ4n) is 9.85. The molecule has 0 spiro atoms. The molecule has 65 heavy (non-hydrogen) atoms. The van der Waals surface area contributed by atoms with Gasteiger partial charge in [-0.05, 0) is 138 Å². The molecular formula is C62H52N2O. The average Bonchev–Trinajstić information content (AvgIpc) is 3.70. The van der Waals surface area contributed by atoms with E-state index in [-0.39, 0.29) is 16.7 Å². The molecular weight excluding hydrogens is 789 g/mol. The van der Waals surface area contributed by atoms with E-state index in [2.05, 4.69) is 239 Å². The summed E-state index contributed by atoms with van der Waals surface area (Å²) in [5, 5.41) is 6.54. The van der Waals surface area contributed by atoms with Crippen molar-refractivity contribution in [1.29, 1.82) is 0 Å². The van der Waals surface area contributed by atoms with Gasteiger partial charge in [0, 0.05) is 34.8 Å². The predicted molar refractivity (Wildman–Crippen MR) is 274 cm³/mol.